The molecule has 1 aromatic carbocycles. The van der Waals surface area contributed by atoms with E-state index in [4.69, 9.17) is 11.6 Å². The Morgan fingerprint density at radius 1 is 1.20 bits per heavy atom. The van der Waals surface area contributed by atoms with E-state index in [1.54, 1.807) is 18.2 Å². The summed E-state index contributed by atoms with van der Waals surface area (Å²) in [4.78, 5) is 40.6. The lowest BCUT2D eigenvalue weighted by Gasteiger charge is -2.33. The number of fused-ring (bicyclic) bond motifs is 4. The largest absolute Gasteiger partial charge is 0.326 e. The van der Waals surface area contributed by atoms with E-state index < -0.39 is 22.9 Å². The molecule has 3 aliphatic rings. The first-order chi connectivity index (χ1) is 11.6. The third-order valence-corrected chi connectivity index (χ3v) is 5.89. The van der Waals surface area contributed by atoms with Crippen molar-refractivity contribution >= 4 is 35.0 Å². The standard InChI is InChI=1S/C18H20ClN3O3/c1-8-12-13(15(24)22(14(12)23)17(2,3)4)18(21-8)10-7-9(19)5-6-11(10)20-16(18)25/h5-8,12-13,21H,1-4H3,(H,20,25)/p+1/t8-,12-,13+,18-/m1/s1. The average molecular weight is 363 g/mol. The number of amides is 3. The quantitative estimate of drug-likeness (QED) is 0.671. The second kappa shape index (κ2) is 4.83. The number of likely N-dealkylation sites (tertiary alicyclic amines) is 1. The Hall–Kier alpha value is -1.92. The molecule has 0 aromatic heterocycles. The van der Waals surface area contributed by atoms with Gasteiger partial charge in [0.25, 0.3) is 5.91 Å². The first-order valence-corrected chi connectivity index (χ1v) is 8.82. The number of benzene rings is 1. The van der Waals surface area contributed by atoms with Gasteiger partial charge in [-0.05, 0) is 45.9 Å². The molecular weight excluding hydrogens is 342 g/mol. The number of halogens is 1. The molecule has 3 amide bonds. The monoisotopic (exact) mass is 362 g/mol. The highest BCUT2D eigenvalue weighted by molar-refractivity contribution is 6.31. The highest BCUT2D eigenvalue weighted by Crippen LogP contribution is 2.50. The van der Waals surface area contributed by atoms with Crippen LogP contribution in [0.25, 0.3) is 0 Å². The Kier molecular flexibility index (Phi) is 3.19. The Morgan fingerprint density at radius 3 is 2.52 bits per heavy atom. The average Bonchev–Trinajstić information content (AvgIpc) is 3.04. The summed E-state index contributed by atoms with van der Waals surface area (Å²) in [7, 11) is 0. The third-order valence-electron chi connectivity index (χ3n) is 5.66. The summed E-state index contributed by atoms with van der Waals surface area (Å²) in [5, 5.41) is 5.24. The number of nitrogens with zero attached hydrogens (tertiary/aromatic N) is 1. The summed E-state index contributed by atoms with van der Waals surface area (Å²) in [6, 6.07) is 5.01. The first kappa shape index (κ1) is 16.5. The van der Waals surface area contributed by atoms with Crippen molar-refractivity contribution in [3.05, 3.63) is 28.8 Å². The van der Waals surface area contributed by atoms with Gasteiger partial charge in [-0.3, -0.25) is 19.3 Å². The van der Waals surface area contributed by atoms with Crippen molar-refractivity contribution < 1.29 is 19.7 Å². The van der Waals surface area contributed by atoms with Gasteiger partial charge in [0.15, 0.2) is 0 Å². The van der Waals surface area contributed by atoms with Crippen LogP contribution < -0.4 is 10.6 Å². The third kappa shape index (κ3) is 1.92. The van der Waals surface area contributed by atoms with Crippen LogP contribution in [0, 0.1) is 11.8 Å². The second-order valence-corrected chi connectivity index (χ2v) is 8.66. The summed E-state index contributed by atoms with van der Waals surface area (Å²) >= 11 is 6.16. The Bertz CT molecular complexity index is 831. The van der Waals surface area contributed by atoms with Crippen LogP contribution in [0.5, 0.6) is 0 Å². The van der Waals surface area contributed by atoms with E-state index in [-0.39, 0.29) is 23.8 Å². The van der Waals surface area contributed by atoms with E-state index in [0.29, 0.717) is 16.3 Å². The van der Waals surface area contributed by atoms with Crippen molar-refractivity contribution in [1.82, 2.24) is 4.90 Å². The topological polar surface area (TPSA) is 83.1 Å². The van der Waals surface area contributed by atoms with Crippen LogP contribution in [0.4, 0.5) is 5.69 Å². The van der Waals surface area contributed by atoms with Gasteiger partial charge in [0.05, 0.1) is 11.7 Å². The molecule has 2 saturated heterocycles. The van der Waals surface area contributed by atoms with Crippen LogP contribution in [0.1, 0.15) is 33.3 Å². The van der Waals surface area contributed by atoms with Crippen molar-refractivity contribution in [2.24, 2.45) is 11.8 Å². The molecule has 0 unspecified atom stereocenters. The zero-order valence-corrected chi connectivity index (χ0v) is 15.3. The lowest BCUT2D eigenvalue weighted by molar-refractivity contribution is -0.730. The SMILES string of the molecule is C[C@H]1[NH2+][C@@]2(C(=O)Nc3ccc(Cl)cc32)[C@@H]2C(=O)N(C(C)(C)C)C(=O)[C@@H]21. The lowest BCUT2D eigenvalue weighted by Crippen LogP contribution is -2.98. The van der Waals surface area contributed by atoms with Crippen LogP contribution in [-0.2, 0) is 19.9 Å². The Labute approximate surface area is 150 Å². The van der Waals surface area contributed by atoms with E-state index >= 15 is 0 Å². The molecule has 3 N–H and O–H groups in total. The zero-order valence-electron chi connectivity index (χ0n) is 14.6. The Balaban J connectivity index is 1.92. The van der Waals surface area contributed by atoms with Gasteiger partial charge in [-0.15, -0.1) is 0 Å². The summed E-state index contributed by atoms with van der Waals surface area (Å²) < 4.78 is 0. The van der Waals surface area contributed by atoms with Crippen LogP contribution in [-0.4, -0.2) is 34.2 Å². The van der Waals surface area contributed by atoms with Gasteiger partial charge in [-0.25, -0.2) is 0 Å². The molecule has 0 saturated carbocycles. The summed E-state index contributed by atoms with van der Waals surface area (Å²) in [6.45, 7) is 7.42. The predicted octanol–water partition coefficient (Wildman–Crippen LogP) is 0.853. The van der Waals surface area contributed by atoms with Gasteiger partial charge in [-0.1, -0.05) is 11.6 Å². The minimum absolute atomic E-state index is 0.176. The number of hydrogen-bond donors (Lipinski definition) is 2. The van der Waals surface area contributed by atoms with Crippen molar-refractivity contribution in [3.63, 3.8) is 0 Å². The van der Waals surface area contributed by atoms with Crippen LogP contribution in [0.15, 0.2) is 18.2 Å². The number of nitrogens with two attached hydrogens (primary N) is 1. The van der Waals surface area contributed by atoms with E-state index in [1.165, 1.54) is 4.90 Å². The number of hydrogen-bond acceptors (Lipinski definition) is 3. The van der Waals surface area contributed by atoms with Gasteiger partial charge in [0.2, 0.25) is 17.4 Å². The fraction of sp³-hybridized carbons (Fsp3) is 0.500. The maximum atomic E-state index is 13.3. The summed E-state index contributed by atoms with van der Waals surface area (Å²) in [6.07, 6.45) is 0. The molecule has 2 fully saturated rings. The molecule has 4 atom stereocenters. The van der Waals surface area contributed by atoms with E-state index in [0.717, 1.165) is 0 Å². The molecule has 4 rings (SSSR count). The molecular formula is C18H21ClN3O3+. The lowest BCUT2D eigenvalue weighted by atomic mass is 9.76. The van der Waals surface area contributed by atoms with Gasteiger partial charge >= 0.3 is 0 Å². The van der Waals surface area contributed by atoms with Crippen LogP contribution in [0.2, 0.25) is 5.02 Å². The maximum Gasteiger partial charge on any atom is 0.291 e. The van der Waals surface area contributed by atoms with Crippen molar-refractivity contribution in [2.45, 2.75) is 44.8 Å². The number of nitrogens with one attached hydrogen (secondary N) is 1. The highest BCUT2D eigenvalue weighted by atomic mass is 35.5. The molecule has 0 bridgehead atoms. The fourth-order valence-corrected chi connectivity index (χ4v) is 4.94. The molecule has 3 heterocycles. The molecule has 6 nitrogen and oxygen atoms in total. The second-order valence-electron chi connectivity index (χ2n) is 8.22. The van der Waals surface area contributed by atoms with Gasteiger partial charge in [-0.2, -0.15) is 0 Å². The minimum Gasteiger partial charge on any atom is -0.326 e. The van der Waals surface area contributed by atoms with Crippen molar-refractivity contribution in [3.8, 4) is 0 Å². The van der Waals surface area contributed by atoms with Crippen LogP contribution in [0.3, 0.4) is 0 Å². The van der Waals surface area contributed by atoms with E-state index in [2.05, 4.69) is 5.32 Å². The molecule has 1 aromatic rings. The Morgan fingerprint density at radius 2 is 1.88 bits per heavy atom. The number of carbonyl (C=O) groups excluding carboxylic acids is 3. The molecule has 0 radical (unpaired) electrons. The smallest absolute Gasteiger partial charge is 0.291 e. The minimum atomic E-state index is -1.13. The van der Waals surface area contributed by atoms with E-state index in [9.17, 15) is 14.4 Å². The molecule has 1 spiro atoms. The van der Waals surface area contributed by atoms with Crippen molar-refractivity contribution in [2.75, 3.05) is 5.32 Å². The normalized spacial score (nSPS) is 33.9. The molecule has 7 heteroatoms. The van der Waals surface area contributed by atoms with Gasteiger partial charge < -0.3 is 10.6 Å². The van der Waals surface area contributed by atoms with Crippen LogP contribution >= 0.6 is 11.6 Å². The first-order valence-electron chi connectivity index (χ1n) is 8.44. The highest BCUT2D eigenvalue weighted by Gasteiger charge is 2.74. The zero-order chi connectivity index (χ0) is 18.3. The predicted molar refractivity (Wildman–Crippen MR) is 91.7 cm³/mol. The molecule has 0 aliphatic carbocycles. The van der Waals surface area contributed by atoms with Crippen molar-refractivity contribution in [1.29, 1.82) is 0 Å². The molecule has 3 aliphatic heterocycles. The number of rotatable bonds is 0. The fourth-order valence-electron chi connectivity index (χ4n) is 4.77. The van der Waals surface area contributed by atoms with E-state index in [1.807, 2.05) is 33.0 Å². The summed E-state index contributed by atoms with van der Waals surface area (Å²) in [5.74, 6) is -1.94. The maximum absolute atomic E-state index is 13.3. The number of imide groups is 1. The van der Waals surface area contributed by atoms with Gasteiger partial charge in [0, 0.05) is 16.1 Å². The number of carbonyl (C=O) groups is 3. The molecule has 25 heavy (non-hydrogen) atoms. The molecule has 132 valence electrons. The number of quaternary nitrogens is 1. The number of anilines is 1. The van der Waals surface area contributed by atoms with Gasteiger partial charge in [0.1, 0.15) is 11.8 Å². The summed E-state index contributed by atoms with van der Waals surface area (Å²) in [5.41, 5.74) is -0.392.